The Hall–Kier alpha value is -1.27. The molecule has 0 fully saturated rings. The Morgan fingerprint density at radius 1 is 1.47 bits per heavy atom. The van der Waals surface area contributed by atoms with E-state index in [1.165, 1.54) is 4.90 Å². The summed E-state index contributed by atoms with van der Waals surface area (Å²) in [7, 11) is 0. The van der Waals surface area contributed by atoms with Crippen molar-refractivity contribution in [2.45, 2.75) is 31.6 Å². The number of hydrogen-bond donors (Lipinski definition) is 1. The number of carbonyl (C=O) groups is 2. The summed E-state index contributed by atoms with van der Waals surface area (Å²) in [5.41, 5.74) is 0. The van der Waals surface area contributed by atoms with Crippen LogP contribution in [0.5, 0.6) is 0 Å². The minimum Gasteiger partial charge on any atom is -0.360 e. The van der Waals surface area contributed by atoms with E-state index in [1.807, 2.05) is 0 Å². The van der Waals surface area contributed by atoms with E-state index in [-0.39, 0.29) is 12.6 Å². The summed E-state index contributed by atoms with van der Waals surface area (Å²) in [4.78, 5) is 23.6. The first-order valence-electron chi connectivity index (χ1n) is 5.63. The predicted molar refractivity (Wildman–Crippen MR) is 72.2 cm³/mol. The minimum absolute atomic E-state index is 0.154. The Kier molecular flexibility index (Phi) is 5.62. The highest BCUT2D eigenvalue weighted by Gasteiger charge is 2.25. The van der Waals surface area contributed by atoms with Crippen LogP contribution in [0, 0.1) is 6.92 Å². The predicted octanol–water partition coefficient (Wildman–Crippen LogP) is 1.96. The Bertz CT molecular complexity index is 460. The van der Waals surface area contributed by atoms with Gasteiger partial charge in [-0.2, -0.15) is 0 Å². The summed E-state index contributed by atoms with van der Waals surface area (Å²) in [6.45, 7) is 5.08. The molecule has 0 saturated carbocycles. The van der Waals surface area contributed by atoms with E-state index in [4.69, 9.17) is 27.7 Å². The minimum atomic E-state index is -1.19. The van der Waals surface area contributed by atoms with Crippen molar-refractivity contribution in [1.29, 1.82) is 0 Å². The molecule has 1 N–H and O–H groups in total. The molecule has 6 nitrogen and oxygen atoms in total. The van der Waals surface area contributed by atoms with Gasteiger partial charge in [-0.3, -0.25) is 9.59 Å². The number of amides is 2. The van der Waals surface area contributed by atoms with Gasteiger partial charge >= 0.3 is 0 Å². The lowest BCUT2D eigenvalue weighted by Crippen LogP contribution is -2.44. The molecule has 0 aliphatic carbocycles. The van der Waals surface area contributed by atoms with Crippen LogP contribution in [-0.2, 0) is 9.59 Å². The average Bonchev–Trinajstić information content (AvgIpc) is 2.70. The van der Waals surface area contributed by atoms with Crippen LogP contribution in [0.3, 0.4) is 0 Å². The fourth-order valence-electron chi connectivity index (χ4n) is 1.40. The van der Waals surface area contributed by atoms with Gasteiger partial charge in [-0.25, -0.2) is 0 Å². The lowest BCUT2D eigenvalue weighted by molar-refractivity contribution is -0.134. The zero-order valence-electron chi connectivity index (χ0n) is 10.8. The van der Waals surface area contributed by atoms with E-state index < -0.39 is 16.7 Å². The van der Waals surface area contributed by atoms with Gasteiger partial charge in [0.15, 0.2) is 10.7 Å². The highest BCUT2D eigenvalue weighted by molar-refractivity contribution is 6.53. The number of rotatable bonds is 5. The molecule has 106 valence electrons. The van der Waals surface area contributed by atoms with E-state index in [0.29, 0.717) is 11.6 Å². The third-order valence-corrected chi connectivity index (χ3v) is 2.68. The molecule has 0 unspecified atom stereocenters. The van der Waals surface area contributed by atoms with E-state index in [0.717, 1.165) is 0 Å². The quantitative estimate of drug-likeness (QED) is 0.844. The number of hydrogen-bond acceptors (Lipinski definition) is 4. The van der Waals surface area contributed by atoms with Gasteiger partial charge in [-0.05, 0) is 20.8 Å². The lowest BCUT2D eigenvalue weighted by Gasteiger charge is -2.26. The van der Waals surface area contributed by atoms with Gasteiger partial charge in [0.1, 0.15) is 12.3 Å². The first-order chi connectivity index (χ1) is 8.81. The van der Waals surface area contributed by atoms with Crippen molar-refractivity contribution in [2.75, 3.05) is 11.9 Å². The molecule has 8 heteroatoms. The standard InChI is InChI=1S/C11H15Cl2N3O3/c1-6(2)16(11(18)10(12)13)5-9(17)14-8-4-7(3)19-15-8/h4,6,10H,5H2,1-3H3,(H,14,15,17). The summed E-state index contributed by atoms with van der Waals surface area (Å²) in [6.07, 6.45) is 0. The topological polar surface area (TPSA) is 75.4 Å². The van der Waals surface area contributed by atoms with Gasteiger partial charge < -0.3 is 14.7 Å². The fourth-order valence-corrected chi connectivity index (χ4v) is 1.65. The summed E-state index contributed by atoms with van der Waals surface area (Å²) in [6, 6.07) is 1.38. The van der Waals surface area contributed by atoms with Gasteiger partial charge in [0.25, 0.3) is 5.91 Å². The second-order valence-electron chi connectivity index (χ2n) is 4.23. The average molecular weight is 308 g/mol. The van der Waals surface area contributed by atoms with Crippen LogP contribution in [0.4, 0.5) is 5.82 Å². The highest BCUT2D eigenvalue weighted by atomic mass is 35.5. The van der Waals surface area contributed by atoms with E-state index in [2.05, 4.69) is 10.5 Å². The van der Waals surface area contributed by atoms with Gasteiger partial charge in [-0.1, -0.05) is 28.4 Å². The number of aryl methyl sites for hydroxylation is 1. The summed E-state index contributed by atoms with van der Waals surface area (Å²) in [5, 5.41) is 6.14. The molecule has 0 aromatic carbocycles. The molecular weight excluding hydrogens is 293 g/mol. The molecule has 0 aliphatic rings. The van der Waals surface area contributed by atoms with E-state index >= 15 is 0 Å². The van der Waals surface area contributed by atoms with Crippen molar-refractivity contribution >= 4 is 40.8 Å². The zero-order valence-corrected chi connectivity index (χ0v) is 12.3. The Balaban J connectivity index is 2.64. The Morgan fingerprint density at radius 2 is 2.11 bits per heavy atom. The molecule has 0 atom stereocenters. The summed E-state index contributed by atoms with van der Waals surface area (Å²) in [5.74, 6) is -0.0326. The summed E-state index contributed by atoms with van der Waals surface area (Å²) < 4.78 is 4.82. The molecule has 0 radical (unpaired) electrons. The molecule has 1 heterocycles. The third-order valence-electron chi connectivity index (χ3n) is 2.30. The van der Waals surface area contributed by atoms with Crippen LogP contribution in [0.2, 0.25) is 0 Å². The Labute approximate surface area is 121 Å². The van der Waals surface area contributed by atoms with Crippen molar-refractivity contribution < 1.29 is 14.1 Å². The molecule has 1 aromatic heterocycles. The largest absolute Gasteiger partial charge is 0.360 e. The fraction of sp³-hybridized carbons (Fsp3) is 0.545. The Morgan fingerprint density at radius 3 is 2.53 bits per heavy atom. The smallest absolute Gasteiger partial charge is 0.256 e. The van der Waals surface area contributed by atoms with Gasteiger partial charge in [0.05, 0.1) is 0 Å². The second-order valence-corrected chi connectivity index (χ2v) is 5.33. The molecule has 19 heavy (non-hydrogen) atoms. The molecule has 1 aromatic rings. The van der Waals surface area contributed by atoms with E-state index in [1.54, 1.807) is 26.8 Å². The first-order valence-corrected chi connectivity index (χ1v) is 6.50. The van der Waals surface area contributed by atoms with Crippen molar-refractivity contribution in [1.82, 2.24) is 10.1 Å². The molecule has 2 amide bonds. The molecular formula is C11H15Cl2N3O3. The third kappa shape index (κ3) is 4.72. The number of anilines is 1. The number of alkyl halides is 2. The maximum Gasteiger partial charge on any atom is 0.256 e. The van der Waals surface area contributed by atoms with Crippen LogP contribution >= 0.6 is 23.2 Å². The monoisotopic (exact) mass is 307 g/mol. The van der Waals surface area contributed by atoms with Gasteiger partial charge in [-0.15, -0.1) is 0 Å². The van der Waals surface area contributed by atoms with Crippen LogP contribution < -0.4 is 5.32 Å². The zero-order chi connectivity index (χ0) is 14.6. The van der Waals surface area contributed by atoms with E-state index in [9.17, 15) is 9.59 Å². The van der Waals surface area contributed by atoms with Crippen LogP contribution in [-0.4, -0.2) is 39.3 Å². The first kappa shape index (κ1) is 15.8. The van der Waals surface area contributed by atoms with Crippen molar-refractivity contribution in [3.8, 4) is 0 Å². The molecule has 0 spiro atoms. The molecule has 0 saturated heterocycles. The molecule has 0 bridgehead atoms. The van der Waals surface area contributed by atoms with Crippen molar-refractivity contribution in [3.63, 3.8) is 0 Å². The molecule has 1 rings (SSSR count). The second kappa shape index (κ2) is 6.77. The number of carbonyl (C=O) groups excluding carboxylic acids is 2. The number of nitrogens with one attached hydrogen (secondary N) is 1. The summed E-state index contributed by atoms with van der Waals surface area (Å²) >= 11 is 11.1. The normalized spacial score (nSPS) is 10.9. The van der Waals surface area contributed by atoms with Crippen molar-refractivity contribution in [3.05, 3.63) is 11.8 Å². The van der Waals surface area contributed by atoms with Crippen LogP contribution in [0.25, 0.3) is 0 Å². The van der Waals surface area contributed by atoms with Crippen molar-refractivity contribution in [2.24, 2.45) is 0 Å². The lowest BCUT2D eigenvalue weighted by atomic mass is 10.3. The highest BCUT2D eigenvalue weighted by Crippen LogP contribution is 2.11. The van der Waals surface area contributed by atoms with Gasteiger partial charge in [0.2, 0.25) is 5.91 Å². The van der Waals surface area contributed by atoms with Gasteiger partial charge in [0, 0.05) is 12.1 Å². The number of halogens is 2. The maximum absolute atomic E-state index is 11.8. The van der Waals surface area contributed by atoms with Crippen LogP contribution in [0.1, 0.15) is 19.6 Å². The maximum atomic E-state index is 11.8. The molecule has 0 aliphatic heterocycles. The number of aromatic nitrogens is 1. The van der Waals surface area contributed by atoms with Crippen LogP contribution in [0.15, 0.2) is 10.6 Å². The number of nitrogens with zero attached hydrogens (tertiary/aromatic N) is 2. The SMILES string of the molecule is Cc1cc(NC(=O)CN(C(=O)C(Cl)Cl)C(C)C)no1.